The quantitative estimate of drug-likeness (QED) is 0.239. The van der Waals surface area contributed by atoms with Gasteiger partial charge in [-0.3, -0.25) is 14.3 Å². The number of nitriles is 1. The Morgan fingerprint density at radius 2 is 1.98 bits per heavy atom. The summed E-state index contributed by atoms with van der Waals surface area (Å²) in [6.07, 6.45) is -3.42. The van der Waals surface area contributed by atoms with Gasteiger partial charge in [-0.05, 0) is 50.9 Å². The molecule has 0 saturated carbocycles. The van der Waals surface area contributed by atoms with Gasteiger partial charge >= 0.3 is 6.18 Å². The van der Waals surface area contributed by atoms with E-state index in [1.54, 1.807) is 25.2 Å². The van der Waals surface area contributed by atoms with E-state index in [1.165, 1.54) is 23.7 Å². The molecule has 4 rings (SSSR count). The minimum atomic E-state index is -4.79. The van der Waals surface area contributed by atoms with Crippen molar-refractivity contribution in [1.82, 2.24) is 19.7 Å². The molecular weight excluding hydrogens is 564 g/mol. The number of benzene rings is 2. The summed E-state index contributed by atoms with van der Waals surface area (Å²) in [6.45, 7) is 5.44. The fraction of sp³-hybridized carbons (Fsp3) is 0.345. The van der Waals surface area contributed by atoms with Crippen molar-refractivity contribution in [2.45, 2.75) is 51.7 Å². The average Bonchev–Trinajstić information content (AvgIpc) is 3.27. The number of hydrogen-bond donors (Lipinski definition) is 3. The molecule has 2 aromatic heterocycles. The topological polar surface area (TPSA) is 146 Å². The first-order valence-corrected chi connectivity index (χ1v) is 13.7. The van der Waals surface area contributed by atoms with E-state index in [2.05, 4.69) is 15.4 Å². The molecule has 0 aliphatic heterocycles. The zero-order valence-electron chi connectivity index (χ0n) is 24.1. The summed E-state index contributed by atoms with van der Waals surface area (Å²) in [7, 11) is 1.88. The molecule has 0 radical (unpaired) electrons. The summed E-state index contributed by atoms with van der Waals surface area (Å²) in [4.78, 5) is 33.4. The van der Waals surface area contributed by atoms with Gasteiger partial charge in [0, 0.05) is 12.7 Å². The van der Waals surface area contributed by atoms with Crippen LogP contribution in [0, 0.1) is 11.3 Å². The largest absolute Gasteiger partial charge is 0.493 e. The van der Waals surface area contributed by atoms with Crippen molar-refractivity contribution < 1.29 is 27.8 Å². The number of halogens is 3. The number of alkyl halides is 3. The summed E-state index contributed by atoms with van der Waals surface area (Å²) in [5, 5.41) is 26.7. The Hall–Kier alpha value is -4.64. The molecule has 0 aliphatic carbocycles. The molecule has 43 heavy (non-hydrogen) atoms. The normalized spacial score (nSPS) is 12.9. The molecule has 10 nitrogen and oxygen atoms in total. The van der Waals surface area contributed by atoms with Gasteiger partial charge in [0.2, 0.25) is 0 Å². The Morgan fingerprint density at radius 1 is 1.23 bits per heavy atom. The van der Waals surface area contributed by atoms with Crippen LogP contribution >= 0.6 is 0 Å². The number of aromatic amines is 1. The Balaban J connectivity index is 1.60. The van der Waals surface area contributed by atoms with Crippen LogP contribution in [0.3, 0.4) is 0 Å². The van der Waals surface area contributed by atoms with Crippen LogP contribution in [0.25, 0.3) is 22.4 Å². The third-order valence-corrected chi connectivity index (χ3v) is 6.94. The Kier molecular flexibility index (Phi) is 8.96. The molecule has 0 aliphatic rings. The van der Waals surface area contributed by atoms with E-state index in [0.29, 0.717) is 52.6 Å². The highest BCUT2D eigenvalue weighted by molar-refractivity contribution is 6.54. The minimum absolute atomic E-state index is 0.0824. The van der Waals surface area contributed by atoms with Gasteiger partial charge in [0.1, 0.15) is 22.7 Å². The summed E-state index contributed by atoms with van der Waals surface area (Å²) in [6, 6.07) is 9.47. The number of nitrogens with one attached hydrogen (secondary N) is 2. The first-order chi connectivity index (χ1) is 20.3. The smallest absolute Gasteiger partial charge is 0.417 e. The lowest BCUT2D eigenvalue weighted by molar-refractivity contribution is -0.137. The molecule has 224 valence electrons. The number of hydrogen-bond acceptors (Lipinski definition) is 7. The molecule has 2 heterocycles. The van der Waals surface area contributed by atoms with Gasteiger partial charge in [0.25, 0.3) is 11.5 Å². The maximum absolute atomic E-state index is 13.3. The molecule has 0 bridgehead atoms. The number of aromatic nitrogens is 4. The lowest BCUT2D eigenvalue weighted by atomic mass is 9.62. The van der Waals surface area contributed by atoms with E-state index >= 15 is 0 Å². The minimum Gasteiger partial charge on any atom is -0.493 e. The molecule has 3 N–H and O–H groups in total. The molecule has 14 heteroatoms. The van der Waals surface area contributed by atoms with Crippen molar-refractivity contribution in [2.75, 3.05) is 11.9 Å². The number of carbonyl (C=O) groups is 1. The van der Waals surface area contributed by atoms with Gasteiger partial charge in [-0.2, -0.15) is 23.5 Å². The number of ether oxygens (including phenoxy) is 1. The number of amides is 1. The average molecular weight is 594 g/mol. The van der Waals surface area contributed by atoms with Crippen molar-refractivity contribution in [2.24, 2.45) is 7.05 Å². The molecule has 0 saturated heterocycles. The van der Waals surface area contributed by atoms with Crippen LogP contribution in [0.15, 0.2) is 41.2 Å². The fourth-order valence-electron chi connectivity index (χ4n) is 4.70. The van der Waals surface area contributed by atoms with Crippen molar-refractivity contribution >= 4 is 35.4 Å². The van der Waals surface area contributed by atoms with Crippen LogP contribution in [0.1, 0.15) is 44.0 Å². The predicted molar refractivity (Wildman–Crippen MR) is 157 cm³/mol. The van der Waals surface area contributed by atoms with Crippen LogP contribution in [0.2, 0.25) is 6.32 Å². The van der Waals surface area contributed by atoms with E-state index in [-0.39, 0.29) is 30.7 Å². The monoisotopic (exact) mass is 594 g/mol. The summed E-state index contributed by atoms with van der Waals surface area (Å²) in [5.41, 5.74) is -1.55. The SMILES string of the molecule is CCCc1nn(C)c2c(=O)[nH]c(-c3cc(BC[C@](C)(O)C(=O)Nc4ccc(C#N)c(C(F)(F)F)c4)ccc3OCC)nc12. The summed E-state index contributed by atoms with van der Waals surface area (Å²) in [5.74, 6) is -0.160. The summed E-state index contributed by atoms with van der Waals surface area (Å²) < 4.78 is 47.3. The lowest BCUT2D eigenvalue weighted by Crippen LogP contribution is -2.42. The van der Waals surface area contributed by atoms with Gasteiger partial charge in [-0.15, -0.1) is 0 Å². The highest BCUT2D eigenvalue weighted by Crippen LogP contribution is 2.34. The second-order valence-corrected chi connectivity index (χ2v) is 10.3. The molecular formula is C29H30BF3N6O4. The van der Waals surface area contributed by atoms with E-state index in [0.717, 1.165) is 12.5 Å². The van der Waals surface area contributed by atoms with Crippen molar-refractivity contribution in [3.8, 4) is 23.2 Å². The maximum Gasteiger partial charge on any atom is 0.417 e. The first kappa shape index (κ1) is 31.3. The molecule has 1 amide bonds. The zero-order chi connectivity index (χ0) is 31.5. The van der Waals surface area contributed by atoms with Crippen LogP contribution in [-0.2, 0) is 24.4 Å². The van der Waals surface area contributed by atoms with Crippen molar-refractivity contribution in [1.29, 1.82) is 5.26 Å². The predicted octanol–water partition coefficient (Wildman–Crippen LogP) is 3.44. The van der Waals surface area contributed by atoms with Gasteiger partial charge in [0.05, 0.1) is 35.1 Å². The van der Waals surface area contributed by atoms with Crippen LogP contribution in [0.5, 0.6) is 5.75 Å². The van der Waals surface area contributed by atoms with Crippen LogP contribution < -0.4 is 21.1 Å². The van der Waals surface area contributed by atoms with Crippen molar-refractivity contribution in [3.05, 3.63) is 63.6 Å². The van der Waals surface area contributed by atoms with Gasteiger partial charge < -0.3 is 20.1 Å². The molecule has 4 aromatic rings. The number of aryl methyl sites for hydroxylation is 2. The molecule has 0 spiro atoms. The molecule has 0 unspecified atom stereocenters. The third kappa shape index (κ3) is 6.72. The number of H-pyrrole nitrogens is 1. The molecule has 0 fully saturated rings. The van der Waals surface area contributed by atoms with E-state index < -0.39 is 28.8 Å². The van der Waals surface area contributed by atoms with Gasteiger partial charge in [0.15, 0.2) is 12.8 Å². The number of rotatable bonds is 10. The van der Waals surface area contributed by atoms with Crippen LogP contribution in [0.4, 0.5) is 18.9 Å². The fourth-order valence-corrected chi connectivity index (χ4v) is 4.70. The Morgan fingerprint density at radius 3 is 2.63 bits per heavy atom. The molecule has 1 atom stereocenters. The molecule has 2 aromatic carbocycles. The Bertz CT molecular complexity index is 1780. The van der Waals surface area contributed by atoms with Crippen molar-refractivity contribution in [3.63, 3.8) is 0 Å². The third-order valence-electron chi connectivity index (χ3n) is 6.94. The standard InChI is InChI=1S/C29H30BF3N6O4/c1-5-7-21-23-24(39(4)38-21)26(40)37-25(36-23)19-12-17(9-11-22(19)43-6-2)30-15-28(3,42)27(41)35-18-10-8-16(14-34)20(13-18)29(31,32)33/h8-13,30,42H,5-7,15H2,1-4H3,(H,35,41)(H,36,37,40)/t28-/m0/s1. The van der Waals surface area contributed by atoms with E-state index in [1.807, 2.05) is 13.8 Å². The van der Waals surface area contributed by atoms with Gasteiger partial charge in [-0.25, -0.2) is 4.98 Å². The van der Waals surface area contributed by atoms with E-state index in [9.17, 15) is 27.9 Å². The highest BCUT2D eigenvalue weighted by atomic mass is 19.4. The number of aliphatic hydroxyl groups is 1. The Labute approximate surface area is 245 Å². The highest BCUT2D eigenvalue weighted by Gasteiger charge is 2.35. The first-order valence-electron chi connectivity index (χ1n) is 13.7. The lowest BCUT2D eigenvalue weighted by Gasteiger charge is -2.23. The number of fused-ring (bicyclic) bond motifs is 1. The zero-order valence-corrected chi connectivity index (χ0v) is 24.1. The van der Waals surface area contributed by atoms with Gasteiger partial charge in [-0.1, -0.05) is 30.9 Å². The number of carbonyl (C=O) groups excluding carboxylic acids is 1. The van der Waals surface area contributed by atoms with Crippen LogP contribution in [-0.4, -0.2) is 50.2 Å². The second kappa shape index (κ2) is 12.3. The number of nitrogens with zero attached hydrogens (tertiary/aromatic N) is 4. The number of anilines is 1. The summed E-state index contributed by atoms with van der Waals surface area (Å²) >= 11 is 0. The second-order valence-electron chi connectivity index (χ2n) is 10.3. The maximum atomic E-state index is 13.3. The van der Waals surface area contributed by atoms with E-state index in [4.69, 9.17) is 15.0 Å².